The first kappa shape index (κ1) is 14.0. The van der Waals surface area contributed by atoms with Gasteiger partial charge in [0.25, 0.3) is 11.8 Å². The highest BCUT2D eigenvalue weighted by Gasteiger charge is 2.36. The Balaban J connectivity index is 2.12. The minimum absolute atomic E-state index is 0.0656. The lowest BCUT2D eigenvalue weighted by Crippen LogP contribution is -2.31. The molecule has 104 valence electrons. The number of methoxy groups -OCH3 is 1. The van der Waals surface area contributed by atoms with Crippen LogP contribution in [0.15, 0.2) is 35.9 Å². The Hall–Kier alpha value is -2.47. The molecule has 0 aliphatic carbocycles. The van der Waals surface area contributed by atoms with Crippen LogP contribution >= 0.6 is 0 Å². The van der Waals surface area contributed by atoms with E-state index >= 15 is 0 Å². The lowest BCUT2D eigenvalue weighted by molar-refractivity contribution is -0.0817. The van der Waals surface area contributed by atoms with Crippen molar-refractivity contribution < 1.29 is 19.2 Å². The van der Waals surface area contributed by atoms with Crippen molar-refractivity contribution in [2.45, 2.75) is 6.92 Å². The second-order valence-corrected chi connectivity index (χ2v) is 4.07. The molecule has 20 heavy (non-hydrogen) atoms. The monoisotopic (exact) mass is 274 g/mol. The van der Waals surface area contributed by atoms with Gasteiger partial charge in [-0.15, -0.1) is 5.06 Å². The summed E-state index contributed by atoms with van der Waals surface area (Å²) < 4.78 is 4.78. The molecular formula is C14H14N2O4. The van der Waals surface area contributed by atoms with E-state index in [1.54, 1.807) is 37.3 Å². The fraction of sp³-hybridized carbons (Fsp3) is 0.214. The van der Waals surface area contributed by atoms with Crippen LogP contribution in [0, 0.1) is 5.41 Å². The molecule has 2 amide bonds. The van der Waals surface area contributed by atoms with E-state index in [4.69, 9.17) is 15.0 Å². The zero-order chi connectivity index (χ0) is 14.7. The second-order valence-electron chi connectivity index (χ2n) is 4.07. The highest BCUT2D eigenvalue weighted by Crippen LogP contribution is 2.22. The van der Waals surface area contributed by atoms with E-state index in [1.807, 2.05) is 0 Å². The number of hydrogen-bond donors (Lipinski definition) is 1. The molecule has 6 heteroatoms. The van der Waals surface area contributed by atoms with Gasteiger partial charge in [0.05, 0.1) is 18.2 Å². The van der Waals surface area contributed by atoms with E-state index < -0.39 is 11.8 Å². The van der Waals surface area contributed by atoms with Crippen molar-refractivity contribution in [1.29, 1.82) is 5.41 Å². The number of ether oxygens (including phenoxy) is 1. The van der Waals surface area contributed by atoms with Gasteiger partial charge in [0.15, 0.2) is 0 Å². The summed E-state index contributed by atoms with van der Waals surface area (Å²) in [6.07, 6.45) is 1.63. The Kier molecular flexibility index (Phi) is 3.95. The number of nitrogens with zero attached hydrogens (tertiary/aromatic N) is 1. The molecule has 2 rings (SSSR count). The third-order valence-electron chi connectivity index (χ3n) is 2.95. The topological polar surface area (TPSA) is 79.7 Å². The van der Waals surface area contributed by atoms with Gasteiger partial charge in [0, 0.05) is 5.57 Å². The number of carbonyl (C=O) groups excluding carboxylic acids is 2. The molecule has 1 aromatic rings. The number of carbonyl (C=O) groups is 2. The molecular weight excluding hydrogens is 260 g/mol. The Bertz CT molecular complexity index is 572. The molecule has 1 aliphatic heterocycles. The quantitative estimate of drug-likeness (QED) is 0.515. The predicted octanol–water partition coefficient (Wildman–Crippen LogP) is 1.78. The summed E-state index contributed by atoms with van der Waals surface area (Å²) in [5, 5.41) is 8.26. The molecule has 0 bridgehead atoms. The van der Waals surface area contributed by atoms with E-state index in [9.17, 15) is 9.59 Å². The Morgan fingerprint density at radius 2 is 1.80 bits per heavy atom. The van der Waals surface area contributed by atoms with Crippen LogP contribution in [-0.2, 0) is 9.57 Å². The molecule has 0 radical (unpaired) electrons. The predicted molar refractivity (Wildman–Crippen MR) is 71.4 cm³/mol. The van der Waals surface area contributed by atoms with Crippen molar-refractivity contribution in [3.63, 3.8) is 0 Å². The van der Waals surface area contributed by atoms with Gasteiger partial charge in [-0.05, 0) is 19.1 Å². The molecule has 1 aromatic carbocycles. The fourth-order valence-corrected chi connectivity index (χ4v) is 1.83. The molecule has 1 heterocycles. The highest BCUT2D eigenvalue weighted by molar-refractivity contribution is 6.20. The van der Waals surface area contributed by atoms with Crippen LogP contribution in [0.5, 0.6) is 0 Å². The van der Waals surface area contributed by atoms with Crippen molar-refractivity contribution in [3.8, 4) is 0 Å². The average molecular weight is 274 g/mol. The number of amides is 2. The molecule has 0 unspecified atom stereocenters. The van der Waals surface area contributed by atoms with Crippen LogP contribution in [0.3, 0.4) is 0 Å². The SMILES string of the molecule is CC=C(CON1C(=O)c2ccccc2C1=O)C(=N)OC. The number of nitrogens with one attached hydrogen (secondary N) is 1. The van der Waals surface area contributed by atoms with Crippen LogP contribution < -0.4 is 0 Å². The van der Waals surface area contributed by atoms with Crippen molar-refractivity contribution in [2.24, 2.45) is 0 Å². The number of hydrogen-bond acceptors (Lipinski definition) is 5. The largest absolute Gasteiger partial charge is 0.481 e. The summed E-state index contributed by atoms with van der Waals surface area (Å²) in [5.74, 6) is -1.06. The maximum atomic E-state index is 12.0. The summed E-state index contributed by atoms with van der Waals surface area (Å²) in [6, 6.07) is 6.52. The summed E-state index contributed by atoms with van der Waals surface area (Å²) in [5.41, 5.74) is 1.09. The fourth-order valence-electron chi connectivity index (χ4n) is 1.83. The molecule has 0 saturated heterocycles. The minimum atomic E-state index is -0.495. The zero-order valence-electron chi connectivity index (χ0n) is 11.2. The minimum Gasteiger partial charge on any atom is -0.481 e. The third-order valence-corrected chi connectivity index (χ3v) is 2.95. The van der Waals surface area contributed by atoms with Crippen LogP contribution in [0.4, 0.5) is 0 Å². The van der Waals surface area contributed by atoms with E-state index in [1.165, 1.54) is 7.11 Å². The second kappa shape index (κ2) is 5.66. The van der Waals surface area contributed by atoms with Gasteiger partial charge < -0.3 is 4.74 Å². The zero-order valence-corrected chi connectivity index (χ0v) is 11.2. The molecule has 0 atom stereocenters. The maximum Gasteiger partial charge on any atom is 0.285 e. The molecule has 0 spiro atoms. The van der Waals surface area contributed by atoms with Gasteiger partial charge in [-0.1, -0.05) is 18.2 Å². The van der Waals surface area contributed by atoms with E-state index in [0.717, 1.165) is 5.06 Å². The van der Waals surface area contributed by atoms with E-state index in [0.29, 0.717) is 16.7 Å². The van der Waals surface area contributed by atoms with Gasteiger partial charge in [0.1, 0.15) is 6.61 Å². The van der Waals surface area contributed by atoms with Gasteiger partial charge in [-0.2, -0.15) is 0 Å². The Labute approximate surface area is 116 Å². The van der Waals surface area contributed by atoms with E-state index in [2.05, 4.69) is 0 Å². The molecule has 0 aromatic heterocycles. The van der Waals surface area contributed by atoms with Gasteiger partial charge >= 0.3 is 0 Å². The first-order valence-electron chi connectivity index (χ1n) is 5.99. The smallest absolute Gasteiger partial charge is 0.285 e. The van der Waals surface area contributed by atoms with Crippen molar-refractivity contribution >= 4 is 17.7 Å². The summed E-state index contributed by atoms with van der Waals surface area (Å²) in [4.78, 5) is 29.3. The standard InChI is InChI=1S/C14H14N2O4/c1-3-9(12(15)19-2)8-20-16-13(17)10-6-4-5-7-11(10)14(16)18/h3-7,15H,8H2,1-2H3. The highest BCUT2D eigenvalue weighted by atomic mass is 16.7. The number of hydroxylamine groups is 2. The van der Waals surface area contributed by atoms with Crippen LogP contribution in [0.1, 0.15) is 27.6 Å². The van der Waals surface area contributed by atoms with Gasteiger partial charge in [-0.3, -0.25) is 19.8 Å². The number of fused-ring (bicyclic) bond motifs is 1. The van der Waals surface area contributed by atoms with Crippen LogP contribution in [0.2, 0.25) is 0 Å². The molecule has 1 aliphatic rings. The number of allylic oxidation sites excluding steroid dienone is 1. The summed E-state index contributed by atoms with van der Waals surface area (Å²) >= 11 is 0. The van der Waals surface area contributed by atoms with Crippen molar-refractivity contribution in [3.05, 3.63) is 47.0 Å². The average Bonchev–Trinajstić information content (AvgIpc) is 2.72. The Morgan fingerprint density at radius 3 is 2.25 bits per heavy atom. The number of imide groups is 1. The Morgan fingerprint density at radius 1 is 1.25 bits per heavy atom. The molecule has 0 saturated carbocycles. The molecule has 6 nitrogen and oxygen atoms in total. The lowest BCUT2D eigenvalue weighted by atomic mass is 10.1. The number of rotatable bonds is 4. The van der Waals surface area contributed by atoms with Crippen LogP contribution in [-0.4, -0.2) is 36.5 Å². The van der Waals surface area contributed by atoms with Crippen LogP contribution in [0.25, 0.3) is 0 Å². The first-order valence-corrected chi connectivity index (χ1v) is 5.99. The summed E-state index contributed by atoms with van der Waals surface area (Å²) in [6.45, 7) is 1.63. The van der Waals surface area contributed by atoms with Crippen molar-refractivity contribution in [1.82, 2.24) is 5.06 Å². The molecule has 1 N–H and O–H groups in total. The lowest BCUT2D eigenvalue weighted by Gasteiger charge is -2.14. The first-order chi connectivity index (χ1) is 9.60. The van der Waals surface area contributed by atoms with Gasteiger partial charge in [-0.25, -0.2) is 0 Å². The number of benzene rings is 1. The molecule has 0 fully saturated rings. The summed E-state index contributed by atoms with van der Waals surface area (Å²) in [7, 11) is 1.37. The maximum absolute atomic E-state index is 12.0. The van der Waals surface area contributed by atoms with Gasteiger partial charge in [0.2, 0.25) is 5.90 Å². The van der Waals surface area contributed by atoms with E-state index in [-0.39, 0.29) is 12.5 Å². The van der Waals surface area contributed by atoms with Crippen molar-refractivity contribution in [2.75, 3.05) is 13.7 Å². The third kappa shape index (κ3) is 2.33. The normalized spacial score (nSPS) is 14.5.